The number of hydrogen-bond donors (Lipinski definition) is 0. The van der Waals surface area contributed by atoms with Crippen molar-refractivity contribution in [3.63, 3.8) is 0 Å². The quantitative estimate of drug-likeness (QED) is 0.857. The number of hydrogen-bond acceptors (Lipinski definition) is 3. The first-order valence-corrected chi connectivity index (χ1v) is 8.30. The highest BCUT2D eigenvalue weighted by Crippen LogP contribution is 2.27. The fourth-order valence-electron chi connectivity index (χ4n) is 3.29. The van der Waals surface area contributed by atoms with Crippen LogP contribution in [0, 0.1) is 12.8 Å². The Morgan fingerprint density at radius 3 is 2.86 bits per heavy atom. The highest BCUT2D eigenvalue weighted by molar-refractivity contribution is 5.86. The van der Waals surface area contributed by atoms with E-state index in [2.05, 4.69) is 56.9 Å². The molecule has 1 saturated heterocycles. The van der Waals surface area contributed by atoms with Gasteiger partial charge in [0.05, 0.1) is 18.2 Å². The van der Waals surface area contributed by atoms with Gasteiger partial charge in [-0.2, -0.15) is 0 Å². The van der Waals surface area contributed by atoms with E-state index in [4.69, 9.17) is 9.72 Å². The summed E-state index contributed by atoms with van der Waals surface area (Å²) in [7, 11) is 0. The zero-order chi connectivity index (χ0) is 15.7. The van der Waals surface area contributed by atoms with Crippen LogP contribution in [0.25, 0.3) is 10.9 Å². The molecule has 1 unspecified atom stereocenters. The van der Waals surface area contributed by atoms with Gasteiger partial charge in [0.15, 0.2) is 0 Å². The first kappa shape index (κ1) is 15.3. The van der Waals surface area contributed by atoms with Crippen molar-refractivity contribution in [3.8, 4) is 0 Å². The Balaban J connectivity index is 2.02. The molecule has 0 radical (unpaired) electrons. The van der Waals surface area contributed by atoms with Crippen molar-refractivity contribution in [2.45, 2.75) is 40.2 Å². The van der Waals surface area contributed by atoms with E-state index in [0.717, 1.165) is 37.3 Å². The predicted octanol–water partition coefficient (Wildman–Crippen LogP) is 3.97. The zero-order valence-electron chi connectivity index (χ0n) is 14.1. The van der Waals surface area contributed by atoms with Gasteiger partial charge in [-0.15, -0.1) is 0 Å². The van der Waals surface area contributed by atoms with E-state index >= 15 is 0 Å². The summed E-state index contributed by atoms with van der Waals surface area (Å²) in [5.74, 6) is 0.650. The fraction of sp³-hybridized carbons (Fsp3) is 0.526. The lowest BCUT2D eigenvalue weighted by atomic mass is 9.98. The van der Waals surface area contributed by atoms with Gasteiger partial charge in [-0.3, -0.25) is 4.98 Å². The summed E-state index contributed by atoms with van der Waals surface area (Å²) in [6.45, 7) is 11.5. The standard InChI is InChI=1S/C19H26N2O/c1-13(2)9-16-10-14(3)20-19-6-5-17(11-18(16)19)21-7-8-22-15(4)12-21/h5-6,10-11,13,15H,7-9,12H2,1-4H3. The molecule has 1 aromatic carbocycles. The Kier molecular flexibility index (Phi) is 4.34. The third kappa shape index (κ3) is 3.25. The molecule has 2 aromatic rings. The molecule has 1 aromatic heterocycles. The molecule has 1 fully saturated rings. The summed E-state index contributed by atoms with van der Waals surface area (Å²) >= 11 is 0. The molecule has 3 heteroatoms. The van der Waals surface area contributed by atoms with E-state index in [1.165, 1.54) is 16.6 Å². The molecule has 3 nitrogen and oxygen atoms in total. The second-order valence-electron chi connectivity index (χ2n) is 6.85. The van der Waals surface area contributed by atoms with Gasteiger partial charge in [-0.05, 0) is 56.0 Å². The maximum Gasteiger partial charge on any atom is 0.0722 e. The second kappa shape index (κ2) is 6.25. The van der Waals surface area contributed by atoms with Gasteiger partial charge in [0.1, 0.15) is 0 Å². The van der Waals surface area contributed by atoms with Gasteiger partial charge < -0.3 is 9.64 Å². The molecule has 0 saturated carbocycles. The number of rotatable bonds is 3. The summed E-state index contributed by atoms with van der Waals surface area (Å²) in [6.07, 6.45) is 1.40. The van der Waals surface area contributed by atoms with Gasteiger partial charge in [-0.25, -0.2) is 0 Å². The smallest absolute Gasteiger partial charge is 0.0722 e. The van der Waals surface area contributed by atoms with Crippen molar-refractivity contribution in [2.24, 2.45) is 5.92 Å². The summed E-state index contributed by atoms with van der Waals surface area (Å²) in [4.78, 5) is 7.12. The monoisotopic (exact) mass is 298 g/mol. The molecular weight excluding hydrogens is 272 g/mol. The van der Waals surface area contributed by atoms with Gasteiger partial charge in [0.2, 0.25) is 0 Å². The van der Waals surface area contributed by atoms with E-state index < -0.39 is 0 Å². The van der Waals surface area contributed by atoms with Crippen LogP contribution in [-0.4, -0.2) is 30.8 Å². The Morgan fingerprint density at radius 2 is 2.14 bits per heavy atom. The maximum atomic E-state index is 5.66. The van der Waals surface area contributed by atoms with Crippen LogP contribution in [0.3, 0.4) is 0 Å². The van der Waals surface area contributed by atoms with Crippen LogP contribution >= 0.6 is 0 Å². The number of aryl methyl sites for hydroxylation is 1. The lowest BCUT2D eigenvalue weighted by Gasteiger charge is -2.33. The van der Waals surface area contributed by atoms with Gasteiger partial charge >= 0.3 is 0 Å². The van der Waals surface area contributed by atoms with Crippen molar-refractivity contribution in [2.75, 3.05) is 24.6 Å². The maximum absolute atomic E-state index is 5.66. The van der Waals surface area contributed by atoms with Gasteiger partial charge in [0, 0.05) is 29.9 Å². The molecule has 0 aliphatic carbocycles. The fourth-order valence-corrected chi connectivity index (χ4v) is 3.29. The van der Waals surface area contributed by atoms with Crippen LogP contribution in [0.15, 0.2) is 24.3 Å². The number of aromatic nitrogens is 1. The molecule has 22 heavy (non-hydrogen) atoms. The Hall–Kier alpha value is -1.61. The topological polar surface area (TPSA) is 25.4 Å². The summed E-state index contributed by atoms with van der Waals surface area (Å²) < 4.78 is 5.66. The Bertz CT molecular complexity index is 666. The molecule has 1 atom stereocenters. The van der Waals surface area contributed by atoms with Crippen LogP contribution in [0.5, 0.6) is 0 Å². The van der Waals surface area contributed by atoms with Crippen LogP contribution in [-0.2, 0) is 11.2 Å². The molecule has 1 aliphatic heterocycles. The molecule has 0 N–H and O–H groups in total. The molecule has 118 valence electrons. The summed E-state index contributed by atoms with van der Waals surface area (Å²) in [5.41, 5.74) is 4.93. The first-order valence-electron chi connectivity index (χ1n) is 8.30. The van der Waals surface area contributed by atoms with Crippen LogP contribution < -0.4 is 4.90 Å². The Labute approximate surface area is 133 Å². The molecule has 2 heterocycles. The third-order valence-electron chi connectivity index (χ3n) is 4.24. The molecular formula is C19H26N2O. The number of anilines is 1. The highest BCUT2D eigenvalue weighted by Gasteiger charge is 2.18. The normalized spacial score (nSPS) is 19.1. The van der Waals surface area contributed by atoms with Gasteiger partial charge in [0.25, 0.3) is 0 Å². The first-order chi connectivity index (χ1) is 10.5. The van der Waals surface area contributed by atoms with Crippen molar-refractivity contribution in [1.29, 1.82) is 0 Å². The van der Waals surface area contributed by atoms with Crippen LogP contribution in [0.1, 0.15) is 32.0 Å². The molecule has 0 amide bonds. The summed E-state index contributed by atoms with van der Waals surface area (Å²) in [6, 6.07) is 8.93. The highest BCUT2D eigenvalue weighted by atomic mass is 16.5. The van der Waals surface area contributed by atoms with E-state index in [0.29, 0.717) is 12.0 Å². The zero-order valence-corrected chi connectivity index (χ0v) is 14.1. The van der Waals surface area contributed by atoms with Crippen molar-refractivity contribution >= 4 is 16.6 Å². The minimum absolute atomic E-state index is 0.302. The minimum Gasteiger partial charge on any atom is -0.375 e. The van der Waals surface area contributed by atoms with E-state index in [9.17, 15) is 0 Å². The number of morpholine rings is 1. The average molecular weight is 298 g/mol. The Morgan fingerprint density at radius 1 is 1.32 bits per heavy atom. The molecule has 1 aliphatic rings. The van der Waals surface area contributed by atoms with Gasteiger partial charge in [-0.1, -0.05) is 13.8 Å². The average Bonchev–Trinajstić information content (AvgIpc) is 2.46. The van der Waals surface area contributed by atoms with Crippen molar-refractivity contribution < 1.29 is 4.74 Å². The minimum atomic E-state index is 0.302. The number of pyridine rings is 1. The molecule has 0 bridgehead atoms. The number of ether oxygens (including phenoxy) is 1. The largest absolute Gasteiger partial charge is 0.375 e. The van der Waals surface area contributed by atoms with Crippen LogP contribution in [0.4, 0.5) is 5.69 Å². The van der Waals surface area contributed by atoms with E-state index in [1.807, 2.05) is 0 Å². The SMILES string of the molecule is Cc1cc(CC(C)C)c2cc(N3CCOC(C)C3)ccc2n1. The lowest BCUT2D eigenvalue weighted by Crippen LogP contribution is -2.41. The molecule has 0 spiro atoms. The third-order valence-corrected chi connectivity index (χ3v) is 4.24. The lowest BCUT2D eigenvalue weighted by molar-refractivity contribution is 0.0532. The van der Waals surface area contributed by atoms with E-state index in [-0.39, 0.29) is 0 Å². The number of benzene rings is 1. The second-order valence-corrected chi connectivity index (χ2v) is 6.85. The predicted molar refractivity (Wildman–Crippen MR) is 92.6 cm³/mol. The molecule has 3 rings (SSSR count). The van der Waals surface area contributed by atoms with Crippen molar-refractivity contribution in [3.05, 3.63) is 35.5 Å². The number of nitrogens with zero attached hydrogens (tertiary/aromatic N) is 2. The van der Waals surface area contributed by atoms with E-state index in [1.54, 1.807) is 0 Å². The van der Waals surface area contributed by atoms with Crippen LogP contribution in [0.2, 0.25) is 0 Å². The number of fused-ring (bicyclic) bond motifs is 1. The summed E-state index contributed by atoms with van der Waals surface area (Å²) in [5, 5.41) is 1.30. The van der Waals surface area contributed by atoms with Crippen molar-refractivity contribution in [1.82, 2.24) is 4.98 Å².